The van der Waals surface area contributed by atoms with Crippen molar-refractivity contribution in [3.05, 3.63) is 29.6 Å². The number of alkyl halides is 3. The molecular weight excluding hydrogens is 489 g/mol. The molecule has 1 aliphatic rings. The molecule has 4 nitrogen and oxygen atoms in total. The fourth-order valence-electron chi connectivity index (χ4n) is 3.16. The van der Waals surface area contributed by atoms with Crippen molar-refractivity contribution in [3.8, 4) is 5.75 Å². The molecule has 2 N–H and O–H groups in total. The second-order valence-electron chi connectivity index (χ2n) is 6.63. The van der Waals surface area contributed by atoms with E-state index in [4.69, 9.17) is 4.74 Å². The average molecular weight is 517 g/mol. The first kappa shape index (κ1) is 24.8. The lowest BCUT2D eigenvalue weighted by atomic mass is 9.85. The van der Waals surface area contributed by atoms with Crippen molar-refractivity contribution in [2.75, 3.05) is 13.2 Å². The van der Waals surface area contributed by atoms with Gasteiger partial charge in [-0.15, -0.1) is 24.0 Å². The number of hydrogen-bond acceptors (Lipinski definition) is 2. The van der Waals surface area contributed by atoms with Crippen LogP contribution in [0.2, 0.25) is 0 Å². The number of ether oxygens (including phenoxy) is 1. The Morgan fingerprint density at radius 3 is 2.39 bits per heavy atom. The van der Waals surface area contributed by atoms with Crippen LogP contribution in [0, 0.1) is 11.7 Å². The Hall–Kier alpha value is -1.26. The van der Waals surface area contributed by atoms with E-state index in [1.54, 1.807) is 19.1 Å². The molecule has 28 heavy (non-hydrogen) atoms. The number of rotatable bonds is 6. The van der Waals surface area contributed by atoms with Crippen LogP contribution in [0.25, 0.3) is 0 Å². The highest BCUT2D eigenvalue weighted by atomic mass is 127. The molecule has 1 fully saturated rings. The van der Waals surface area contributed by atoms with Gasteiger partial charge in [-0.05, 0) is 57.2 Å². The van der Waals surface area contributed by atoms with Gasteiger partial charge < -0.3 is 15.4 Å². The number of benzene rings is 1. The first-order valence-corrected chi connectivity index (χ1v) is 9.36. The molecule has 0 unspecified atom stereocenters. The van der Waals surface area contributed by atoms with Crippen molar-refractivity contribution < 1.29 is 22.3 Å². The summed E-state index contributed by atoms with van der Waals surface area (Å²) >= 11 is 0. The molecule has 0 aromatic heterocycles. The molecule has 1 aromatic carbocycles. The summed E-state index contributed by atoms with van der Waals surface area (Å²) in [5.74, 6) is -0.908. The van der Waals surface area contributed by atoms with Gasteiger partial charge in [-0.3, -0.25) is 0 Å². The van der Waals surface area contributed by atoms with Crippen LogP contribution in [0.3, 0.4) is 0 Å². The van der Waals surface area contributed by atoms with Crippen LogP contribution < -0.4 is 15.4 Å². The van der Waals surface area contributed by atoms with Gasteiger partial charge in [0.1, 0.15) is 0 Å². The molecule has 0 spiro atoms. The van der Waals surface area contributed by atoms with Crippen molar-refractivity contribution >= 4 is 29.9 Å². The number of nitrogens with one attached hydrogen (secondary N) is 2. The number of aliphatic imine (C=N–C) groups is 1. The Labute approximate surface area is 180 Å². The van der Waals surface area contributed by atoms with E-state index in [0.29, 0.717) is 37.5 Å². The fourth-order valence-corrected chi connectivity index (χ4v) is 3.16. The van der Waals surface area contributed by atoms with Crippen LogP contribution >= 0.6 is 24.0 Å². The highest BCUT2D eigenvalue weighted by molar-refractivity contribution is 14.0. The molecule has 2 rings (SSSR count). The maximum absolute atomic E-state index is 13.9. The summed E-state index contributed by atoms with van der Waals surface area (Å²) < 4.78 is 57.4. The minimum atomic E-state index is -4.11. The van der Waals surface area contributed by atoms with Gasteiger partial charge in [-0.25, -0.2) is 9.38 Å². The monoisotopic (exact) mass is 517 g/mol. The van der Waals surface area contributed by atoms with Crippen LogP contribution in [-0.4, -0.2) is 31.3 Å². The highest BCUT2D eigenvalue weighted by Gasteiger charge is 2.41. The molecule has 0 saturated heterocycles. The van der Waals surface area contributed by atoms with Crippen molar-refractivity contribution in [3.63, 3.8) is 0 Å². The molecule has 0 heterocycles. The normalized spacial score (nSPS) is 20.3. The van der Waals surface area contributed by atoms with Crippen molar-refractivity contribution in [2.24, 2.45) is 10.9 Å². The van der Waals surface area contributed by atoms with E-state index in [2.05, 4.69) is 15.6 Å². The number of halogens is 5. The summed E-state index contributed by atoms with van der Waals surface area (Å²) in [5, 5.41) is 6.28. The van der Waals surface area contributed by atoms with E-state index < -0.39 is 17.9 Å². The van der Waals surface area contributed by atoms with E-state index in [-0.39, 0.29) is 55.2 Å². The second-order valence-corrected chi connectivity index (χ2v) is 6.63. The summed E-state index contributed by atoms with van der Waals surface area (Å²) in [4.78, 5) is 4.43. The maximum atomic E-state index is 13.9. The van der Waals surface area contributed by atoms with E-state index in [9.17, 15) is 17.6 Å². The molecule has 9 heteroatoms. The third-order valence-electron chi connectivity index (χ3n) is 4.59. The van der Waals surface area contributed by atoms with E-state index >= 15 is 0 Å². The first-order valence-electron chi connectivity index (χ1n) is 9.36. The molecule has 0 aliphatic heterocycles. The van der Waals surface area contributed by atoms with Gasteiger partial charge in [-0.1, -0.05) is 6.07 Å². The third kappa shape index (κ3) is 7.63. The summed E-state index contributed by atoms with van der Waals surface area (Å²) in [6.45, 7) is 4.97. The Balaban J connectivity index is 0.00000392. The predicted octanol–water partition coefficient (Wildman–Crippen LogP) is 5.02. The van der Waals surface area contributed by atoms with E-state index in [1.807, 2.05) is 6.92 Å². The maximum Gasteiger partial charge on any atom is 0.391 e. The second kappa shape index (κ2) is 11.7. The molecule has 160 valence electrons. The molecular formula is C19H28F4IN3O. The van der Waals surface area contributed by atoms with Gasteiger partial charge in [0, 0.05) is 12.6 Å². The first-order chi connectivity index (χ1) is 12.8. The molecule has 1 aromatic rings. The topological polar surface area (TPSA) is 45.7 Å². The zero-order valence-electron chi connectivity index (χ0n) is 16.1. The predicted molar refractivity (Wildman–Crippen MR) is 113 cm³/mol. The average Bonchev–Trinajstić information content (AvgIpc) is 2.62. The number of guanidine groups is 1. The van der Waals surface area contributed by atoms with Gasteiger partial charge in [0.05, 0.1) is 19.1 Å². The van der Waals surface area contributed by atoms with Gasteiger partial charge in [0.25, 0.3) is 0 Å². The van der Waals surface area contributed by atoms with Crippen LogP contribution in [-0.2, 0) is 6.54 Å². The van der Waals surface area contributed by atoms with Crippen LogP contribution in [0.1, 0.15) is 45.1 Å². The van der Waals surface area contributed by atoms with Crippen molar-refractivity contribution in [1.29, 1.82) is 0 Å². The summed E-state index contributed by atoms with van der Waals surface area (Å²) in [7, 11) is 0. The SMILES string of the molecule is CCNC(=NCc1ccc(OCC)c(F)c1)NC1CCC(C(F)(F)F)CC1.I. The van der Waals surface area contributed by atoms with Gasteiger partial charge >= 0.3 is 6.18 Å². The summed E-state index contributed by atoms with van der Waals surface area (Å²) in [5.41, 5.74) is 0.689. The van der Waals surface area contributed by atoms with E-state index in [1.165, 1.54) is 6.07 Å². The zero-order chi connectivity index (χ0) is 19.9. The lowest BCUT2D eigenvalue weighted by Gasteiger charge is -2.31. The smallest absolute Gasteiger partial charge is 0.391 e. The molecule has 1 saturated carbocycles. The summed E-state index contributed by atoms with van der Waals surface area (Å²) in [6, 6.07) is 4.66. The largest absolute Gasteiger partial charge is 0.491 e. The number of nitrogens with zero attached hydrogens (tertiary/aromatic N) is 1. The lowest BCUT2D eigenvalue weighted by molar-refractivity contribution is -0.182. The Bertz CT molecular complexity index is 632. The molecule has 0 bridgehead atoms. The Morgan fingerprint density at radius 2 is 1.86 bits per heavy atom. The molecule has 1 aliphatic carbocycles. The number of hydrogen-bond donors (Lipinski definition) is 2. The standard InChI is InChI=1S/C19H27F4N3O.HI/c1-3-24-18(26-15-8-6-14(7-9-15)19(21,22)23)25-12-13-5-10-17(27-4-2)16(20)11-13;/h5,10-11,14-15H,3-4,6-9,12H2,1-2H3,(H2,24,25,26);1H. The lowest BCUT2D eigenvalue weighted by Crippen LogP contribution is -2.45. The minimum Gasteiger partial charge on any atom is -0.491 e. The fraction of sp³-hybridized carbons (Fsp3) is 0.632. The summed E-state index contributed by atoms with van der Waals surface area (Å²) in [6.07, 6.45) is -2.95. The quantitative estimate of drug-likeness (QED) is 0.241. The highest BCUT2D eigenvalue weighted by Crippen LogP contribution is 2.37. The van der Waals surface area contributed by atoms with Crippen molar-refractivity contribution in [2.45, 2.75) is 58.3 Å². The van der Waals surface area contributed by atoms with E-state index in [0.717, 1.165) is 0 Å². The third-order valence-corrected chi connectivity index (χ3v) is 4.59. The molecule has 0 amide bonds. The molecule has 0 atom stereocenters. The van der Waals surface area contributed by atoms with Crippen LogP contribution in [0.5, 0.6) is 5.75 Å². The van der Waals surface area contributed by atoms with Gasteiger partial charge in [-0.2, -0.15) is 13.2 Å². The Morgan fingerprint density at radius 1 is 1.18 bits per heavy atom. The Kier molecular flexibility index (Phi) is 10.3. The van der Waals surface area contributed by atoms with Crippen LogP contribution in [0.4, 0.5) is 17.6 Å². The van der Waals surface area contributed by atoms with Gasteiger partial charge in [0.15, 0.2) is 17.5 Å². The zero-order valence-corrected chi connectivity index (χ0v) is 18.4. The molecule has 0 radical (unpaired) electrons. The van der Waals surface area contributed by atoms with Gasteiger partial charge in [0.2, 0.25) is 0 Å². The minimum absolute atomic E-state index is 0. The van der Waals surface area contributed by atoms with Crippen molar-refractivity contribution in [1.82, 2.24) is 10.6 Å². The van der Waals surface area contributed by atoms with Crippen LogP contribution in [0.15, 0.2) is 23.2 Å².